The average Bonchev–Trinajstić information content (AvgIpc) is 2.79. The molecule has 2 nitrogen and oxygen atoms in total. The third kappa shape index (κ3) is 2.12. The summed E-state index contributed by atoms with van der Waals surface area (Å²) in [7, 11) is 0. The van der Waals surface area contributed by atoms with Gasteiger partial charge in [-0.2, -0.15) is 0 Å². The molecular weight excluding hydrogens is 160 g/mol. The van der Waals surface area contributed by atoms with E-state index >= 15 is 0 Å². The lowest BCUT2D eigenvalue weighted by Crippen LogP contribution is -2.37. The summed E-state index contributed by atoms with van der Waals surface area (Å²) in [5.74, 6) is 0. The third-order valence-electron chi connectivity index (χ3n) is 3.19. The Balaban J connectivity index is 1.87. The third-order valence-corrected chi connectivity index (χ3v) is 3.19. The number of hydrogen-bond donors (Lipinski definition) is 1. The Kier molecular flexibility index (Phi) is 2.70. The smallest absolute Gasteiger partial charge is 0.0196 e. The molecule has 2 fully saturated rings. The number of rotatable bonds is 4. The molecule has 74 valence electrons. The lowest BCUT2D eigenvalue weighted by Gasteiger charge is -2.26. The molecule has 1 saturated heterocycles. The predicted octanol–water partition coefficient (Wildman–Crippen LogP) is 1.39. The van der Waals surface area contributed by atoms with Crippen molar-refractivity contribution >= 4 is 0 Å². The standard InChI is InChI=1S/C11H20N2/c1-3-13(11-4-5-11)8-9(2)10-6-12-7-10/h11-12H,3-8H2,1-2H3. The van der Waals surface area contributed by atoms with Gasteiger partial charge in [-0.05, 0) is 31.9 Å². The zero-order valence-corrected chi connectivity index (χ0v) is 8.77. The summed E-state index contributed by atoms with van der Waals surface area (Å²) in [5.41, 5.74) is 3.24. The second-order valence-corrected chi connectivity index (χ2v) is 4.28. The van der Waals surface area contributed by atoms with Crippen LogP contribution in [0, 0.1) is 0 Å². The van der Waals surface area contributed by atoms with E-state index in [1.807, 2.05) is 0 Å². The maximum Gasteiger partial charge on any atom is 0.0196 e. The molecule has 1 heterocycles. The van der Waals surface area contributed by atoms with Crippen LogP contribution in [-0.4, -0.2) is 37.1 Å². The minimum Gasteiger partial charge on any atom is -0.309 e. The highest BCUT2D eigenvalue weighted by Crippen LogP contribution is 2.27. The summed E-state index contributed by atoms with van der Waals surface area (Å²) in [6.45, 7) is 9.25. The monoisotopic (exact) mass is 180 g/mol. The van der Waals surface area contributed by atoms with E-state index in [1.165, 1.54) is 25.9 Å². The Bertz CT molecular complexity index is 210. The second-order valence-electron chi connectivity index (χ2n) is 4.28. The van der Waals surface area contributed by atoms with Gasteiger partial charge in [-0.3, -0.25) is 4.90 Å². The van der Waals surface area contributed by atoms with Crippen molar-refractivity contribution in [3.63, 3.8) is 0 Å². The maximum absolute atomic E-state index is 3.30. The van der Waals surface area contributed by atoms with Crippen LogP contribution in [0.2, 0.25) is 0 Å². The first-order chi connectivity index (χ1) is 6.31. The van der Waals surface area contributed by atoms with Crippen molar-refractivity contribution in [3.8, 4) is 0 Å². The molecule has 0 spiro atoms. The van der Waals surface area contributed by atoms with Crippen LogP contribution >= 0.6 is 0 Å². The number of likely N-dealkylation sites (N-methyl/N-ethyl adjacent to an activating group) is 1. The highest BCUT2D eigenvalue weighted by molar-refractivity contribution is 5.22. The molecule has 0 aromatic heterocycles. The summed E-state index contributed by atoms with van der Waals surface area (Å²) >= 11 is 0. The van der Waals surface area contributed by atoms with E-state index in [-0.39, 0.29) is 0 Å². The maximum atomic E-state index is 3.30. The molecule has 1 aliphatic heterocycles. The summed E-state index contributed by atoms with van der Waals surface area (Å²) in [6.07, 6.45) is 2.85. The largest absolute Gasteiger partial charge is 0.309 e. The number of nitrogens with zero attached hydrogens (tertiary/aromatic N) is 1. The fraction of sp³-hybridized carbons (Fsp3) is 0.818. The van der Waals surface area contributed by atoms with Crippen LogP contribution in [0.1, 0.15) is 26.7 Å². The van der Waals surface area contributed by atoms with Gasteiger partial charge in [-0.15, -0.1) is 0 Å². The van der Waals surface area contributed by atoms with Gasteiger partial charge in [0.1, 0.15) is 0 Å². The van der Waals surface area contributed by atoms with Gasteiger partial charge in [0.15, 0.2) is 0 Å². The van der Waals surface area contributed by atoms with Gasteiger partial charge in [0, 0.05) is 25.7 Å². The van der Waals surface area contributed by atoms with Crippen molar-refractivity contribution in [3.05, 3.63) is 11.1 Å². The molecule has 2 aliphatic rings. The molecular formula is C11H20N2. The highest BCUT2D eigenvalue weighted by Gasteiger charge is 2.28. The molecule has 0 amide bonds. The number of hydrogen-bond acceptors (Lipinski definition) is 2. The molecule has 0 aromatic carbocycles. The first-order valence-corrected chi connectivity index (χ1v) is 5.43. The van der Waals surface area contributed by atoms with Gasteiger partial charge in [0.25, 0.3) is 0 Å². The van der Waals surface area contributed by atoms with Gasteiger partial charge >= 0.3 is 0 Å². The lowest BCUT2D eigenvalue weighted by molar-refractivity contribution is 0.300. The second kappa shape index (κ2) is 3.81. The van der Waals surface area contributed by atoms with Gasteiger partial charge in [0.05, 0.1) is 0 Å². The molecule has 2 rings (SSSR count). The molecule has 0 bridgehead atoms. The van der Waals surface area contributed by atoms with Gasteiger partial charge < -0.3 is 5.32 Å². The van der Waals surface area contributed by atoms with Crippen molar-refractivity contribution in [1.82, 2.24) is 10.2 Å². The summed E-state index contributed by atoms with van der Waals surface area (Å²) in [5, 5.41) is 3.30. The zero-order valence-electron chi connectivity index (χ0n) is 8.77. The van der Waals surface area contributed by atoms with E-state index in [9.17, 15) is 0 Å². The minimum atomic E-state index is 0.911. The first kappa shape index (κ1) is 9.22. The highest BCUT2D eigenvalue weighted by atomic mass is 15.2. The molecule has 1 saturated carbocycles. The van der Waals surface area contributed by atoms with E-state index in [4.69, 9.17) is 0 Å². The molecule has 2 heteroatoms. The molecule has 13 heavy (non-hydrogen) atoms. The van der Waals surface area contributed by atoms with Crippen LogP contribution in [0.5, 0.6) is 0 Å². The van der Waals surface area contributed by atoms with Crippen molar-refractivity contribution < 1.29 is 0 Å². The van der Waals surface area contributed by atoms with Crippen molar-refractivity contribution in [2.24, 2.45) is 0 Å². The Morgan fingerprint density at radius 1 is 1.46 bits per heavy atom. The molecule has 0 aromatic rings. The van der Waals surface area contributed by atoms with Gasteiger partial charge in [0.2, 0.25) is 0 Å². The molecule has 0 unspecified atom stereocenters. The minimum absolute atomic E-state index is 0.911. The molecule has 1 aliphatic carbocycles. The fourth-order valence-electron chi connectivity index (χ4n) is 1.91. The number of nitrogens with one attached hydrogen (secondary N) is 1. The SMILES string of the molecule is CCN(CC(C)=C1CNC1)C1CC1. The summed E-state index contributed by atoms with van der Waals surface area (Å²) in [6, 6.07) is 0.911. The van der Waals surface area contributed by atoms with E-state index in [0.29, 0.717) is 0 Å². The fourth-order valence-corrected chi connectivity index (χ4v) is 1.91. The first-order valence-electron chi connectivity index (χ1n) is 5.43. The summed E-state index contributed by atoms with van der Waals surface area (Å²) in [4.78, 5) is 2.61. The Morgan fingerprint density at radius 2 is 2.15 bits per heavy atom. The van der Waals surface area contributed by atoms with Crippen molar-refractivity contribution in [2.45, 2.75) is 32.7 Å². The zero-order chi connectivity index (χ0) is 9.26. The molecule has 0 radical (unpaired) electrons. The van der Waals surface area contributed by atoms with Crippen LogP contribution < -0.4 is 5.32 Å². The summed E-state index contributed by atoms with van der Waals surface area (Å²) < 4.78 is 0. The van der Waals surface area contributed by atoms with E-state index in [0.717, 1.165) is 19.1 Å². The predicted molar refractivity (Wildman–Crippen MR) is 55.8 cm³/mol. The molecule has 1 N–H and O–H groups in total. The Morgan fingerprint density at radius 3 is 2.54 bits per heavy atom. The van der Waals surface area contributed by atoms with Crippen LogP contribution in [0.4, 0.5) is 0 Å². The normalized spacial score (nSPS) is 21.9. The van der Waals surface area contributed by atoms with Crippen LogP contribution in [0.15, 0.2) is 11.1 Å². The topological polar surface area (TPSA) is 15.3 Å². The molecule has 0 atom stereocenters. The van der Waals surface area contributed by atoms with Crippen molar-refractivity contribution in [1.29, 1.82) is 0 Å². The van der Waals surface area contributed by atoms with Gasteiger partial charge in [-0.25, -0.2) is 0 Å². The Hall–Kier alpha value is -0.340. The van der Waals surface area contributed by atoms with E-state index < -0.39 is 0 Å². The van der Waals surface area contributed by atoms with E-state index in [1.54, 1.807) is 11.1 Å². The quantitative estimate of drug-likeness (QED) is 0.658. The average molecular weight is 180 g/mol. The van der Waals surface area contributed by atoms with Crippen LogP contribution in [0.25, 0.3) is 0 Å². The van der Waals surface area contributed by atoms with Crippen LogP contribution in [0.3, 0.4) is 0 Å². The van der Waals surface area contributed by atoms with E-state index in [2.05, 4.69) is 24.1 Å². The van der Waals surface area contributed by atoms with Crippen LogP contribution in [-0.2, 0) is 0 Å². The van der Waals surface area contributed by atoms with Crippen molar-refractivity contribution in [2.75, 3.05) is 26.2 Å². The lowest BCUT2D eigenvalue weighted by atomic mass is 10.0. The van der Waals surface area contributed by atoms with Gasteiger partial charge in [-0.1, -0.05) is 12.5 Å². The Labute approximate surface area is 81.0 Å².